The SMILES string of the molecule is CCCCCC(C)CCC1C(C)CCCC1(C)C. The third-order valence-electron chi connectivity index (χ3n) is 5.44. The summed E-state index contributed by atoms with van der Waals surface area (Å²) < 4.78 is 0. The highest BCUT2D eigenvalue weighted by molar-refractivity contribution is 4.86. The summed E-state index contributed by atoms with van der Waals surface area (Å²) in [6.07, 6.45) is 13.0. The summed E-state index contributed by atoms with van der Waals surface area (Å²) in [4.78, 5) is 0. The zero-order valence-corrected chi connectivity index (χ0v) is 13.6. The van der Waals surface area contributed by atoms with Gasteiger partial charge in [-0.05, 0) is 36.0 Å². The van der Waals surface area contributed by atoms with E-state index >= 15 is 0 Å². The molecule has 0 aromatic carbocycles. The molecule has 0 radical (unpaired) electrons. The summed E-state index contributed by atoms with van der Waals surface area (Å²) in [7, 11) is 0. The van der Waals surface area contributed by atoms with Crippen LogP contribution < -0.4 is 0 Å². The predicted molar refractivity (Wildman–Crippen MR) is 82.8 cm³/mol. The fourth-order valence-corrected chi connectivity index (χ4v) is 4.06. The Morgan fingerprint density at radius 3 is 2.50 bits per heavy atom. The standard InChI is InChI=1S/C18H36/c1-6-7-8-10-15(2)12-13-17-16(3)11-9-14-18(17,4)5/h15-17H,6-14H2,1-5H3. The molecule has 0 saturated heterocycles. The first kappa shape index (κ1) is 16.1. The highest BCUT2D eigenvalue weighted by Crippen LogP contribution is 2.46. The average molecular weight is 252 g/mol. The highest BCUT2D eigenvalue weighted by Gasteiger charge is 2.36. The lowest BCUT2D eigenvalue weighted by Gasteiger charge is -2.43. The maximum atomic E-state index is 2.51. The molecule has 0 aromatic rings. The quantitative estimate of drug-likeness (QED) is 0.457. The van der Waals surface area contributed by atoms with Gasteiger partial charge >= 0.3 is 0 Å². The smallest absolute Gasteiger partial charge is 0.0323 e. The molecule has 0 aromatic heterocycles. The molecule has 0 heteroatoms. The molecule has 3 unspecified atom stereocenters. The Labute approximate surface area is 116 Å². The second-order valence-corrected chi connectivity index (χ2v) is 7.64. The molecule has 0 N–H and O–H groups in total. The van der Waals surface area contributed by atoms with Gasteiger partial charge in [0.2, 0.25) is 0 Å². The Bertz CT molecular complexity index is 216. The second-order valence-electron chi connectivity index (χ2n) is 7.64. The lowest BCUT2D eigenvalue weighted by atomic mass is 9.62. The van der Waals surface area contributed by atoms with Crippen molar-refractivity contribution in [2.45, 2.75) is 92.4 Å². The average Bonchev–Trinajstić information content (AvgIpc) is 2.28. The van der Waals surface area contributed by atoms with Gasteiger partial charge < -0.3 is 0 Å². The maximum absolute atomic E-state index is 2.51. The summed E-state index contributed by atoms with van der Waals surface area (Å²) in [5, 5.41) is 0. The van der Waals surface area contributed by atoms with Gasteiger partial charge in [-0.2, -0.15) is 0 Å². The lowest BCUT2D eigenvalue weighted by molar-refractivity contribution is 0.0707. The minimum Gasteiger partial charge on any atom is -0.0654 e. The van der Waals surface area contributed by atoms with Gasteiger partial charge in [0.05, 0.1) is 0 Å². The van der Waals surface area contributed by atoms with Gasteiger partial charge in [-0.3, -0.25) is 0 Å². The molecule has 1 fully saturated rings. The Kier molecular flexibility index (Phi) is 6.74. The third kappa shape index (κ3) is 4.94. The van der Waals surface area contributed by atoms with Gasteiger partial charge in [0.25, 0.3) is 0 Å². The van der Waals surface area contributed by atoms with E-state index in [9.17, 15) is 0 Å². The largest absolute Gasteiger partial charge is 0.0654 e. The monoisotopic (exact) mass is 252 g/mol. The molecule has 3 atom stereocenters. The fraction of sp³-hybridized carbons (Fsp3) is 1.00. The van der Waals surface area contributed by atoms with E-state index in [1.165, 1.54) is 57.8 Å². The van der Waals surface area contributed by atoms with E-state index < -0.39 is 0 Å². The van der Waals surface area contributed by atoms with Crippen LogP contribution in [0.2, 0.25) is 0 Å². The van der Waals surface area contributed by atoms with Crippen LogP contribution in [0.25, 0.3) is 0 Å². The first-order chi connectivity index (χ1) is 8.47. The van der Waals surface area contributed by atoms with Gasteiger partial charge in [-0.1, -0.05) is 79.6 Å². The maximum Gasteiger partial charge on any atom is -0.0323 e. The first-order valence-electron chi connectivity index (χ1n) is 8.47. The molecule has 1 aliphatic carbocycles. The van der Waals surface area contributed by atoms with Crippen LogP contribution in [0.3, 0.4) is 0 Å². The molecule has 1 aliphatic rings. The van der Waals surface area contributed by atoms with Crippen LogP contribution in [0, 0.1) is 23.2 Å². The Balaban J connectivity index is 2.31. The van der Waals surface area contributed by atoms with Crippen molar-refractivity contribution < 1.29 is 0 Å². The van der Waals surface area contributed by atoms with Gasteiger partial charge in [0.1, 0.15) is 0 Å². The Morgan fingerprint density at radius 2 is 1.89 bits per heavy atom. The van der Waals surface area contributed by atoms with Crippen molar-refractivity contribution in [1.29, 1.82) is 0 Å². The minimum atomic E-state index is 0.598. The molecule has 108 valence electrons. The minimum absolute atomic E-state index is 0.598. The number of unbranched alkanes of at least 4 members (excludes halogenated alkanes) is 2. The number of hydrogen-bond donors (Lipinski definition) is 0. The van der Waals surface area contributed by atoms with Crippen molar-refractivity contribution >= 4 is 0 Å². The molecule has 0 nitrogen and oxygen atoms in total. The predicted octanol–water partition coefficient (Wildman–Crippen LogP) is 6.45. The van der Waals surface area contributed by atoms with E-state index in [1.54, 1.807) is 0 Å². The Hall–Kier alpha value is 0. The van der Waals surface area contributed by atoms with E-state index in [4.69, 9.17) is 0 Å². The van der Waals surface area contributed by atoms with E-state index in [0.29, 0.717) is 5.41 Å². The summed E-state index contributed by atoms with van der Waals surface area (Å²) >= 11 is 0. The van der Waals surface area contributed by atoms with Crippen molar-refractivity contribution in [3.05, 3.63) is 0 Å². The zero-order valence-electron chi connectivity index (χ0n) is 13.6. The lowest BCUT2D eigenvalue weighted by Crippen LogP contribution is -2.33. The molecule has 18 heavy (non-hydrogen) atoms. The van der Waals surface area contributed by atoms with Crippen LogP contribution in [0.15, 0.2) is 0 Å². The van der Waals surface area contributed by atoms with Crippen molar-refractivity contribution in [3.8, 4) is 0 Å². The fourth-order valence-electron chi connectivity index (χ4n) is 4.06. The van der Waals surface area contributed by atoms with Crippen molar-refractivity contribution in [2.75, 3.05) is 0 Å². The normalized spacial score (nSPS) is 29.2. The summed E-state index contributed by atoms with van der Waals surface area (Å²) in [5.41, 5.74) is 0.598. The van der Waals surface area contributed by atoms with Crippen LogP contribution in [0.4, 0.5) is 0 Å². The van der Waals surface area contributed by atoms with Crippen molar-refractivity contribution in [2.24, 2.45) is 23.2 Å². The van der Waals surface area contributed by atoms with Crippen LogP contribution in [0.5, 0.6) is 0 Å². The molecule has 0 heterocycles. The zero-order chi connectivity index (χ0) is 13.6. The molecular formula is C18H36. The summed E-state index contributed by atoms with van der Waals surface area (Å²) in [5.74, 6) is 2.87. The van der Waals surface area contributed by atoms with Gasteiger partial charge in [0.15, 0.2) is 0 Å². The summed E-state index contributed by atoms with van der Waals surface area (Å²) in [6.45, 7) is 12.3. The topological polar surface area (TPSA) is 0 Å². The van der Waals surface area contributed by atoms with E-state index in [-0.39, 0.29) is 0 Å². The van der Waals surface area contributed by atoms with E-state index in [1.807, 2.05) is 0 Å². The van der Waals surface area contributed by atoms with Crippen LogP contribution in [0.1, 0.15) is 92.4 Å². The molecule has 0 aliphatic heterocycles. The van der Waals surface area contributed by atoms with Gasteiger partial charge in [-0.15, -0.1) is 0 Å². The first-order valence-corrected chi connectivity index (χ1v) is 8.47. The number of rotatable bonds is 7. The molecule has 1 saturated carbocycles. The molecule has 0 amide bonds. The molecular weight excluding hydrogens is 216 g/mol. The van der Waals surface area contributed by atoms with Gasteiger partial charge in [0, 0.05) is 0 Å². The summed E-state index contributed by atoms with van der Waals surface area (Å²) in [6, 6.07) is 0. The van der Waals surface area contributed by atoms with Crippen LogP contribution in [-0.4, -0.2) is 0 Å². The van der Waals surface area contributed by atoms with E-state index in [0.717, 1.165) is 17.8 Å². The molecule has 0 bridgehead atoms. The van der Waals surface area contributed by atoms with E-state index in [2.05, 4.69) is 34.6 Å². The highest BCUT2D eigenvalue weighted by atomic mass is 14.4. The van der Waals surface area contributed by atoms with Crippen LogP contribution in [-0.2, 0) is 0 Å². The van der Waals surface area contributed by atoms with Crippen LogP contribution >= 0.6 is 0 Å². The molecule has 0 spiro atoms. The number of hydrogen-bond acceptors (Lipinski definition) is 0. The van der Waals surface area contributed by atoms with Gasteiger partial charge in [-0.25, -0.2) is 0 Å². The van der Waals surface area contributed by atoms with Crippen molar-refractivity contribution in [3.63, 3.8) is 0 Å². The third-order valence-corrected chi connectivity index (χ3v) is 5.44. The Morgan fingerprint density at radius 1 is 1.17 bits per heavy atom. The van der Waals surface area contributed by atoms with Crippen molar-refractivity contribution in [1.82, 2.24) is 0 Å². The second kappa shape index (κ2) is 7.56. The molecule has 1 rings (SSSR count).